The highest BCUT2D eigenvalue weighted by Gasteiger charge is 2.32. The van der Waals surface area contributed by atoms with E-state index in [1.807, 2.05) is 4.90 Å². The number of fused-ring (bicyclic) bond motifs is 1. The molecule has 1 saturated heterocycles. The average molecular weight is 313 g/mol. The zero-order valence-corrected chi connectivity index (χ0v) is 12.2. The van der Waals surface area contributed by atoms with Gasteiger partial charge in [0.1, 0.15) is 12.9 Å². The summed E-state index contributed by atoms with van der Waals surface area (Å²) in [4.78, 5) is 12.0. The van der Waals surface area contributed by atoms with E-state index < -0.39 is 19.1 Å². The fraction of sp³-hybridized carbons (Fsp3) is 0.667. The molecular formula is C12H17F2N7O. The number of aromatic nitrogens is 5. The molecule has 0 aromatic carbocycles. The van der Waals surface area contributed by atoms with E-state index in [2.05, 4.69) is 20.3 Å². The lowest BCUT2D eigenvalue weighted by atomic mass is 10.2. The zero-order chi connectivity index (χ0) is 15.7. The minimum atomic E-state index is -3.06. The van der Waals surface area contributed by atoms with Crippen molar-refractivity contribution < 1.29 is 13.9 Å². The van der Waals surface area contributed by atoms with Crippen molar-refractivity contribution >= 4 is 17.0 Å². The number of aliphatic hydroxyl groups is 1. The smallest absolute Gasteiger partial charge is 0.283 e. The van der Waals surface area contributed by atoms with Crippen LogP contribution in [0.1, 0.15) is 0 Å². The van der Waals surface area contributed by atoms with Crippen LogP contribution in [0.5, 0.6) is 0 Å². The van der Waals surface area contributed by atoms with Crippen LogP contribution in [0.4, 0.5) is 14.6 Å². The van der Waals surface area contributed by atoms with E-state index in [-0.39, 0.29) is 0 Å². The molecule has 0 bridgehead atoms. The number of alkyl halides is 2. The molecule has 0 atom stereocenters. The van der Waals surface area contributed by atoms with Crippen LogP contribution >= 0.6 is 0 Å². The van der Waals surface area contributed by atoms with Gasteiger partial charge >= 0.3 is 0 Å². The van der Waals surface area contributed by atoms with Crippen molar-refractivity contribution in [2.24, 2.45) is 7.05 Å². The molecule has 1 fully saturated rings. The minimum Gasteiger partial charge on any atom is -0.390 e. The normalized spacial score (nSPS) is 17.4. The van der Waals surface area contributed by atoms with Crippen molar-refractivity contribution in [1.82, 2.24) is 29.9 Å². The lowest BCUT2D eigenvalue weighted by Crippen LogP contribution is -2.50. The Balaban J connectivity index is 1.71. The van der Waals surface area contributed by atoms with E-state index in [9.17, 15) is 8.78 Å². The van der Waals surface area contributed by atoms with E-state index in [4.69, 9.17) is 5.11 Å². The summed E-state index contributed by atoms with van der Waals surface area (Å²) in [5.41, 5.74) is 1.25. The van der Waals surface area contributed by atoms with Crippen molar-refractivity contribution in [3.8, 4) is 0 Å². The summed E-state index contributed by atoms with van der Waals surface area (Å²) in [7, 11) is 1.75. The molecule has 1 aliphatic heterocycles. The third kappa shape index (κ3) is 2.83. The fourth-order valence-electron chi connectivity index (χ4n) is 2.57. The summed E-state index contributed by atoms with van der Waals surface area (Å²) < 4.78 is 28.0. The Kier molecular flexibility index (Phi) is 3.87. The molecule has 0 aliphatic carbocycles. The highest BCUT2D eigenvalue weighted by atomic mass is 19.3. The lowest BCUT2D eigenvalue weighted by Gasteiger charge is -2.36. The second kappa shape index (κ2) is 5.69. The molecule has 120 valence electrons. The number of hydrogen-bond donors (Lipinski definition) is 1. The van der Waals surface area contributed by atoms with Crippen molar-refractivity contribution in [3.63, 3.8) is 0 Å². The third-order valence-corrected chi connectivity index (χ3v) is 3.73. The number of halogens is 2. The molecule has 3 rings (SSSR count). The molecule has 0 amide bonds. The molecule has 2 aromatic heterocycles. The second-order valence-electron chi connectivity index (χ2n) is 5.36. The van der Waals surface area contributed by atoms with Gasteiger partial charge in [-0.3, -0.25) is 4.90 Å². The van der Waals surface area contributed by atoms with Crippen molar-refractivity contribution in [3.05, 3.63) is 6.33 Å². The van der Waals surface area contributed by atoms with Crippen molar-refractivity contribution in [2.45, 2.75) is 5.92 Å². The fourth-order valence-corrected chi connectivity index (χ4v) is 2.57. The number of aliphatic hydroxyl groups excluding tert-OH is 1. The van der Waals surface area contributed by atoms with E-state index in [0.717, 1.165) is 0 Å². The van der Waals surface area contributed by atoms with Crippen LogP contribution in [-0.2, 0) is 7.05 Å². The molecule has 8 nitrogen and oxygen atoms in total. The third-order valence-electron chi connectivity index (χ3n) is 3.73. The number of anilines is 1. The molecule has 22 heavy (non-hydrogen) atoms. The Morgan fingerprint density at radius 2 is 1.95 bits per heavy atom. The van der Waals surface area contributed by atoms with Gasteiger partial charge in [-0.1, -0.05) is 5.21 Å². The SMILES string of the molecule is Cn1nnc2c(N3CCN(CC(F)(F)CO)CC3)ncnc21. The van der Waals surface area contributed by atoms with E-state index in [0.29, 0.717) is 43.2 Å². The first-order valence-electron chi connectivity index (χ1n) is 6.96. The summed E-state index contributed by atoms with van der Waals surface area (Å²) in [5, 5.41) is 16.6. The number of aryl methyl sites for hydroxylation is 1. The maximum absolute atomic E-state index is 13.2. The van der Waals surface area contributed by atoms with Crippen LogP contribution in [0.15, 0.2) is 6.33 Å². The summed E-state index contributed by atoms with van der Waals surface area (Å²) >= 11 is 0. The molecule has 3 heterocycles. The van der Waals surface area contributed by atoms with Gasteiger partial charge in [0, 0.05) is 33.2 Å². The quantitative estimate of drug-likeness (QED) is 0.815. The summed E-state index contributed by atoms with van der Waals surface area (Å²) in [6.07, 6.45) is 1.45. The first kappa shape index (κ1) is 15.0. The molecule has 0 radical (unpaired) electrons. The Bertz CT molecular complexity index is 654. The Hall–Kier alpha value is -1.94. The number of nitrogens with zero attached hydrogens (tertiary/aromatic N) is 7. The Labute approximate surface area is 125 Å². The van der Waals surface area contributed by atoms with Gasteiger partial charge in [-0.15, -0.1) is 5.10 Å². The molecule has 0 spiro atoms. The van der Waals surface area contributed by atoms with Gasteiger partial charge < -0.3 is 10.0 Å². The number of hydrogen-bond acceptors (Lipinski definition) is 7. The predicted molar refractivity (Wildman–Crippen MR) is 74.8 cm³/mol. The van der Waals surface area contributed by atoms with Crippen molar-refractivity contribution in [2.75, 3.05) is 44.2 Å². The molecular weight excluding hydrogens is 296 g/mol. The highest BCUT2D eigenvalue weighted by Crippen LogP contribution is 2.22. The van der Waals surface area contributed by atoms with E-state index in [1.165, 1.54) is 6.33 Å². The summed E-state index contributed by atoms with van der Waals surface area (Å²) in [6.45, 7) is 0.512. The predicted octanol–water partition coefficient (Wildman–Crippen LogP) is -0.492. The average Bonchev–Trinajstić information content (AvgIpc) is 2.90. The minimum absolute atomic E-state index is 0.429. The number of rotatable bonds is 4. The van der Waals surface area contributed by atoms with Crippen LogP contribution in [0.25, 0.3) is 11.2 Å². The zero-order valence-electron chi connectivity index (χ0n) is 12.2. The number of piperazine rings is 1. The molecule has 1 N–H and O–H groups in total. The summed E-state index contributed by atoms with van der Waals surface area (Å²) in [6, 6.07) is 0. The van der Waals surface area contributed by atoms with E-state index in [1.54, 1.807) is 16.6 Å². The first-order valence-corrected chi connectivity index (χ1v) is 6.96. The Morgan fingerprint density at radius 3 is 2.64 bits per heavy atom. The standard InChI is InChI=1S/C12H17F2N7O/c1-19-10-9(17-18-19)11(16-8-15-10)21-4-2-20(3-5-21)6-12(13,14)7-22/h8,22H,2-7H2,1H3. The van der Waals surface area contributed by atoms with Crippen LogP contribution in [0.3, 0.4) is 0 Å². The van der Waals surface area contributed by atoms with Crippen LogP contribution in [0.2, 0.25) is 0 Å². The first-order chi connectivity index (χ1) is 10.5. The van der Waals surface area contributed by atoms with E-state index >= 15 is 0 Å². The molecule has 1 aliphatic rings. The maximum Gasteiger partial charge on any atom is 0.283 e. The van der Waals surface area contributed by atoms with Crippen molar-refractivity contribution in [1.29, 1.82) is 0 Å². The van der Waals surface area contributed by atoms with Crippen LogP contribution in [0, 0.1) is 0 Å². The topological polar surface area (TPSA) is 83.2 Å². The largest absolute Gasteiger partial charge is 0.390 e. The van der Waals surface area contributed by atoms with Gasteiger partial charge in [0.05, 0.1) is 6.54 Å². The summed E-state index contributed by atoms with van der Waals surface area (Å²) in [5.74, 6) is -2.39. The van der Waals surface area contributed by atoms with Gasteiger partial charge in [-0.25, -0.2) is 23.4 Å². The van der Waals surface area contributed by atoms with Gasteiger partial charge in [-0.2, -0.15) is 0 Å². The van der Waals surface area contributed by atoms with Gasteiger partial charge in [0.2, 0.25) is 0 Å². The molecule has 0 saturated carbocycles. The lowest BCUT2D eigenvalue weighted by molar-refractivity contribution is -0.0733. The Morgan fingerprint density at radius 1 is 1.23 bits per heavy atom. The monoisotopic (exact) mass is 313 g/mol. The molecule has 10 heteroatoms. The van der Waals surface area contributed by atoms with Gasteiger partial charge in [0.15, 0.2) is 17.0 Å². The van der Waals surface area contributed by atoms with Crippen LogP contribution < -0.4 is 4.90 Å². The van der Waals surface area contributed by atoms with Crippen LogP contribution in [-0.4, -0.2) is 80.2 Å². The highest BCUT2D eigenvalue weighted by molar-refractivity contribution is 5.82. The van der Waals surface area contributed by atoms with Gasteiger partial charge in [-0.05, 0) is 0 Å². The van der Waals surface area contributed by atoms with Gasteiger partial charge in [0.25, 0.3) is 5.92 Å². The maximum atomic E-state index is 13.2. The molecule has 2 aromatic rings. The molecule has 0 unspecified atom stereocenters. The second-order valence-corrected chi connectivity index (χ2v) is 5.36.